The first kappa shape index (κ1) is 15.3. The van der Waals surface area contributed by atoms with Crippen molar-refractivity contribution in [3.63, 3.8) is 0 Å². The molecule has 0 atom stereocenters. The molecule has 0 bridgehead atoms. The highest BCUT2D eigenvalue weighted by Crippen LogP contribution is 2.28. The molecule has 0 aliphatic heterocycles. The summed E-state index contributed by atoms with van der Waals surface area (Å²) in [7, 11) is 0. The van der Waals surface area contributed by atoms with E-state index in [0.29, 0.717) is 23.0 Å². The molecule has 0 fully saturated rings. The van der Waals surface area contributed by atoms with Gasteiger partial charge in [-0.25, -0.2) is 4.98 Å². The molecule has 1 aromatic carbocycles. The lowest BCUT2D eigenvalue weighted by atomic mass is 10.2. The van der Waals surface area contributed by atoms with E-state index in [-0.39, 0.29) is 12.5 Å². The van der Waals surface area contributed by atoms with Gasteiger partial charge in [-0.1, -0.05) is 12.1 Å². The van der Waals surface area contributed by atoms with Gasteiger partial charge in [0.2, 0.25) is 11.8 Å². The fraction of sp³-hybridized carbons (Fsp3) is 0.176. The largest absolute Gasteiger partial charge is 0.485 e. The van der Waals surface area contributed by atoms with Gasteiger partial charge in [-0.2, -0.15) is 0 Å². The van der Waals surface area contributed by atoms with Crippen molar-refractivity contribution in [1.29, 1.82) is 0 Å². The van der Waals surface area contributed by atoms with E-state index in [0.717, 1.165) is 10.4 Å². The van der Waals surface area contributed by atoms with Crippen LogP contribution in [0.2, 0.25) is 0 Å². The molecule has 6 heteroatoms. The van der Waals surface area contributed by atoms with Gasteiger partial charge in [0.1, 0.15) is 24.3 Å². The lowest BCUT2D eigenvalue weighted by Crippen LogP contribution is -2.08. The van der Waals surface area contributed by atoms with E-state index >= 15 is 0 Å². The van der Waals surface area contributed by atoms with Gasteiger partial charge in [0.15, 0.2) is 0 Å². The highest BCUT2D eigenvalue weighted by Gasteiger charge is 2.10. The molecule has 0 aliphatic rings. The van der Waals surface area contributed by atoms with Gasteiger partial charge in [-0.3, -0.25) is 4.79 Å². The van der Waals surface area contributed by atoms with Gasteiger partial charge < -0.3 is 14.5 Å². The van der Waals surface area contributed by atoms with Crippen molar-refractivity contribution >= 4 is 22.9 Å². The maximum atomic E-state index is 11.3. The minimum Gasteiger partial charge on any atom is -0.485 e. The molecule has 1 N–H and O–H groups in total. The van der Waals surface area contributed by atoms with Crippen LogP contribution in [-0.2, 0) is 11.4 Å². The number of carbonyl (C=O) groups excluding carboxylic acids is 1. The number of benzene rings is 1. The van der Waals surface area contributed by atoms with E-state index in [4.69, 9.17) is 9.15 Å². The summed E-state index contributed by atoms with van der Waals surface area (Å²) in [6, 6.07) is 9.53. The molecule has 23 heavy (non-hydrogen) atoms. The van der Waals surface area contributed by atoms with Crippen molar-refractivity contribution in [2.45, 2.75) is 20.5 Å². The van der Waals surface area contributed by atoms with Gasteiger partial charge in [0, 0.05) is 6.92 Å². The van der Waals surface area contributed by atoms with Crippen LogP contribution in [0.1, 0.15) is 18.2 Å². The Morgan fingerprint density at radius 1 is 1.39 bits per heavy atom. The maximum absolute atomic E-state index is 11.3. The van der Waals surface area contributed by atoms with Crippen molar-refractivity contribution in [2.75, 3.05) is 5.32 Å². The average molecular weight is 328 g/mol. The first-order chi connectivity index (χ1) is 11.1. The smallest absolute Gasteiger partial charge is 0.236 e. The maximum Gasteiger partial charge on any atom is 0.236 e. The normalized spacial score (nSPS) is 10.5. The van der Waals surface area contributed by atoms with E-state index in [1.807, 2.05) is 42.6 Å². The molecule has 0 unspecified atom stereocenters. The molecule has 0 radical (unpaired) electrons. The Balaban J connectivity index is 1.73. The Kier molecular flexibility index (Phi) is 4.43. The van der Waals surface area contributed by atoms with Crippen LogP contribution in [0.25, 0.3) is 10.8 Å². The summed E-state index contributed by atoms with van der Waals surface area (Å²) in [5, 5.41) is 4.73. The molecule has 0 spiro atoms. The fourth-order valence-electron chi connectivity index (χ4n) is 2.08. The van der Waals surface area contributed by atoms with E-state index in [1.165, 1.54) is 6.92 Å². The molecule has 0 aliphatic carbocycles. The highest BCUT2D eigenvalue weighted by atomic mass is 32.1. The Hall–Kier alpha value is -2.60. The number of aromatic nitrogens is 1. The number of nitrogens with one attached hydrogen (secondary N) is 1. The summed E-state index contributed by atoms with van der Waals surface area (Å²) in [5.41, 5.74) is 2.39. The average Bonchev–Trinajstić information content (AvgIpc) is 3.17. The van der Waals surface area contributed by atoms with Gasteiger partial charge in [0.25, 0.3) is 0 Å². The van der Waals surface area contributed by atoms with E-state index < -0.39 is 0 Å². The number of carbonyl (C=O) groups is 1. The minimum absolute atomic E-state index is 0.139. The number of oxazole rings is 1. The van der Waals surface area contributed by atoms with Crippen molar-refractivity contribution < 1.29 is 13.9 Å². The van der Waals surface area contributed by atoms with Crippen LogP contribution >= 0.6 is 11.3 Å². The Morgan fingerprint density at radius 3 is 3.00 bits per heavy atom. The molecule has 1 amide bonds. The lowest BCUT2D eigenvalue weighted by molar-refractivity contribution is -0.114. The van der Waals surface area contributed by atoms with Crippen molar-refractivity contribution in [2.24, 2.45) is 0 Å². The SMILES string of the molecule is CC(=O)Nc1ccc(C)cc1OCc1coc(-c2cccs2)n1. The second-order valence-corrected chi connectivity index (χ2v) is 6.04. The van der Waals surface area contributed by atoms with Crippen LogP contribution in [0.5, 0.6) is 5.75 Å². The zero-order chi connectivity index (χ0) is 16.2. The Bertz CT molecular complexity index is 809. The number of aryl methyl sites for hydroxylation is 1. The Morgan fingerprint density at radius 2 is 2.26 bits per heavy atom. The molecule has 3 aromatic rings. The summed E-state index contributed by atoms with van der Waals surface area (Å²) in [4.78, 5) is 16.7. The third kappa shape index (κ3) is 3.78. The number of rotatable bonds is 5. The van der Waals surface area contributed by atoms with Crippen LogP contribution in [0.4, 0.5) is 5.69 Å². The molecule has 2 aromatic heterocycles. The fourth-order valence-corrected chi connectivity index (χ4v) is 2.74. The van der Waals surface area contributed by atoms with Crippen LogP contribution in [0.15, 0.2) is 46.4 Å². The molecular weight excluding hydrogens is 312 g/mol. The minimum atomic E-state index is -0.139. The first-order valence-electron chi connectivity index (χ1n) is 7.11. The van der Waals surface area contributed by atoms with Gasteiger partial charge in [0.05, 0.1) is 10.6 Å². The van der Waals surface area contributed by atoms with Crippen LogP contribution < -0.4 is 10.1 Å². The third-order valence-corrected chi connectivity index (χ3v) is 3.96. The van der Waals surface area contributed by atoms with Crippen LogP contribution in [0, 0.1) is 6.92 Å². The van der Waals surface area contributed by atoms with Crippen LogP contribution in [0.3, 0.4) is 0 Å². The molecule has 3 rings (SSSR count). The number of hydrogen-bond acceptors (Lipinski definition) is 5. The highest BCUT2D eigenvalue weighted by molar-refractivity contribution is 7.13. The molecule has 0 saturated carbocycles. The molecule has 5 nitrogen and oxygen atoms in total. The van der Waals surface area contributed by atoms with Gasteiger partial charge in [-0.15, -0.1) is 11.3 Å². The lowest BCUT2D eigenvalue weighted by Gasteiger charge is -2.11. The second kappa shape index (κ2) is 6.66. The van der Waals surface area contributed by atoms with Gasteiger partial charge >= 0.3 is 0 Å². The van der Waals surface area contributed by atoms with Crippen LogP contribution in [-0.4, -0.2) is 10.9 Å². The van der Waals surface area contributed by atoms with Crippen molar-refractivity contribution in [3.05, 3.63) is 53.2 Å². The zero-order valence-electron chi connectivity index (χ0n) is 12.8. The van der Waals surface area contributed by atoms with E-state index in [1.54, 1.807) is 17.6 Å². The number of hydrogen-bond donors (Lipinski definition) is 1. The summed E-state index contributed by atoms with van der Waals surface area (Å²) < 4.78 is 11.3. The molecule has 118 valence electrons. The number of nitrogens with zero attached hydrogens (tertiary/aromatic N) is 1. The van der Waals surface area contributed by atoms with E-state index in [9.17, 15) is 4.79 Å². The summed E-state index contributed by atoms with van der Waals surface area (Å²) >= 11 is 1.57. The van der Waals surface area contributed by atoms with Gasteiger partial charge in [-0.05, 0) is 36.1 Å². The molecule has 2 heterocycles. The topological polar surface area (TPSA) is 64.4 Å². The zero-order valence-corrected chi connectivity index (χ0v) is 13.6. The molecular formula is C17H16N2O3S. The Labute approximate surface area is 137 Å². The van der Waals surface area contributed by atoms with Crippen molar-refractivity contribution in [1.82, 2.24) is 4.98 Å². The number of ether oxygens (including phenoxy) is 1. The van der Waals surface area contributed by atoms with E-state index in [2.05, 4.69) is 10.3 Å². The number of anilines is 1. The predicted molar refractivity (Wildman–Crippen MR) is 89.6 cm³/mol. The second-order valence-electron chi connectivity index (χ2n) is 5.09. The predicted octanol–water partition coefficient (Wildman–Crippen LogP) is 4.25. The molecule has 0 saturated heterocycles. The summed E-state index contributed by atoms with van der Waals surface area (Å²) in [6.07, 6.45) is 1.59. The standard InChI is InChI=1S/C17H16N2O3S/c1-11-5-6-14(18-12(2)20)15(8-11)21-9-13-10-22-17(19-13)16-4-3-7-23-16/h3-8,10H,9H2,1-2H3,(H,18,20). The summed E-state index contributed by atoms with van der Waals surface area (Å²) in [6.45, 7) is 3.70. The monoisotopic (exact) mass is 328 g/mol. The number of thiophene rings is 1. The summed E-state index contributed by atoms with van der Waals surface area (Å²) in [5.74, 6) is 1.06. The van der Waals surface area contributed by atoms with Crippen molar-refractivity contribution in [3.8, 4) is 16.5 Å². The third-order valence-electron chi connectivity index (χ3n) is 3.11. The first-order valence-corrected chi connectivity index (χ1v) is 7.99. The quantitative estimate of drug-likeness (QED) is 0.760. The number of amides is 1.